The molecule has 0 unspecified atom stereocenters. The van der Waals surface area contributed by atoms with E-state index in [9.17, 15) is 9.90 Å². The number of methoxy groups -OCH3 is 2. The van der Waals surface area contributed by atoms with Gasteiger partial charge in [-0.2, -0.15) is 5.11 Å². The molecule has 6 nitrogen and oxygen atoms in total. The molecule has 0 amide bonds. The first-order chi connectivity index (χ1) is 8.58. The number of ether oxygens (including phenoxy) is 2. The Labute approximate surface area is 105 Å². The summed E-state index contributed by atoms with van der Waals surface area (Å²) in [5.41, 5.74) is 0.298. The van der Waals surface area contributed by atoms with Crippen LogP contribution in [0.25, 0.3) is 0 Å². The molecule has 6 heteroatoms. The molecule has 0 heterocycles. The largest absolute Gasteiger partial charge is 0.510 e. The molecular formula is C12H14N2O4. The molecule has 1 aromatic carbocycles. The highest BCUT2D eigenvalue weighted by molar-refractivity contribution is 5.88. The predicted octanol–water partition coefficient (Wildman–Crippen LogP) is 2.74. The van der Waals surface area contributed by atoms with E-state index in [1.807, 2.05) is 0 Å². The van der Waals surface area contributed by atoms with Gasteiger partial charge in [0.15, 0.2) is 0 Å². The number of hydrogen-bond acceptors (Lipinski definition) is 6. The van der Waals surface area contributed by atoms with Crippen LogP contribution < -0.4 is 4.74 Å². The van der Waals surface area contributed by atoms with E-state index < -0.39 is 5.97 Å². The number of rotatable bonds is 4. The first kappa shape index (κ1) is 13.7. The van der Waals surface area contributed by atoms with Gasteiger partial charge in [0.1, 0.15) is 11.5 Å². The van der Waals surface area contributed by atoms with Crippen molar-refractivity contribution in [1.29, 1.82) is 0 Å². The maximum Gasteiger partial charge on any atom is 0.362 e. The molecule has 0 saturated carbocycles. The third-order valence-electron chi connectivity index (χ3n) is 2.06. The Bertz CT molecular complexity index is 473. The molecule has 0 aliphatic heterocycles. The van der Waals surface area contributed by atoms with Gasteiger partial charge in [-0.25, -0.2) is 4.79 Å². The minimum atomic E-state index is -0.743. The maximum atomic E-state index is 11.3. The molecule has 0 radical (unpaired) electrons. The number of carbonyl (C=O) groups excluding carboxylic acids is 1. The smallest absolute Gasteiger partial charge is 0.362 e. The van der Waals surface area contributed by atoms with Crippen molar-refractivity contribution >= 4 is 11.7 Å². The number of carbonyl (C=O) groups is 1. The zero-order valence-corrected chi connectivity index (χ0v) is 10.4. The molecule has 0 bridgehead atoms. The summed E-state index contributed by atoms with van der Waals surface area (Å²) >= 11 is 0. The first-order valence-corrected chi connectivity index (χ1v) is 5.12. The molecule has 1 N–H and O–H groups in total. The zero-order valence-electron chi connectivity index (χ0n) is 10.4. The van der Waals surface area contributed by atoms with Crippen LogP contribution in [0.5, 0.6) is 5.75 Å². The summed E-state index contributed by atoms with van der Waals surface area (Å²) in [6, 6.07) is 6.76. The van der Waals surface area contributed by atoms with E-state index in [0.29, 0.717) is 11.4 Å². The Morgan fingerprint density at radius 2 is 1.83 bits per heavy atom. The van der Waals surface area contributed by atoms with Crippen LogP contribution in [0.4, 0.5) is 5.69 Å². The minimum absolute atomic E-state index is 0.228. The molecule has 0 fully saturated rings. The number of hydrogen-bond donors (Lipinski definition) is 1. The zero-order chi connectivity index (χ0) is 13.5. The van der Waals surface area contributed by atoms with Crippen LogP contribution in [0.15, 0.2) is 46.0 Å². The second-order valence-corrected chi connectivity index (χ2v) is 3.32. The van der Waals surface area contributed by atoms with Gasteiger partial charge < -0.3 is 14.6 Å². The predicted molar refractivity (Wildman–Crippen MR) is 64.9 cm³/mol. The van der Waals surface area contributed by atoms with E-state index in [-0.39, 0.29) is 11.5 Å². The molecule has 0 saturated heterocycles. The number of allylic oxidation sites excluding steroid dienone is 1. The van der Waals surface area contributed by atoms with Gasteiger partial charge in [-0.1, -0.05) is 0 Å². The van der Waals surface area contributed by atoms with Crippen LogP contribution in [0, 0.1) is 0 Å². The standard InChI is InChI=1S/C12H14N2O4/c1-8(15)11(12(16)18-3)14-13-9-4-6-10(17-2)7-5-9/h4-7,15H,1-3H3. The van der Waals surface area contributed by atoms with Crippen LogP contribution in [0.2, 0.25) is 0 Å². The topological polar surface area (TPSA) is 80.5 Å². The fraction of sp³-hybridized carbons (Fsp3) is 0.250. The van der Waals surface area contributed by atoms with Gasteiger partial charge in [0, 0.05) is 0 Å². The molecule has 0 aliphatic rings. The average molecular weight is 250 g/mol. The normalized spacial score (nSPS) is 12.2. The number of azo groups is 1. The van der Waals surface area contributed by atoms with Crippen molar-refractivity contribution in [2.24, 2.45) is 10.2 Å². The van der Waals surface area contributed by atoms with Crippen LogP contribution in [0.3, 0.4) is 0 Å². The molecule has 0 spiro atoms. The lowest BCUT2D eigenvalue weighted by molar-refractivity contribution is -0.136. The lowest BCUT2D eigenvalue weighted by Crippen LogP contribution is -2.04. The lowest BCUT2D eigenvalue weighted by Gasteiger charge is -2.00. The SMILES string of the molecule is COC(=O)C(N=Nc1ccc(OC)cc1)=C(C)O. The van der Waals surface area contributed by atoms with Crippen molar-refractivity contribution in [3.63, 3.8) is 0 Å². The monoisotopic (exact) mass is 250 g/mol. The van der Waals surface area contributed by atoms with Gasteiger partial charge in [-0.05, 0) is 31.2 Å². The van der Waals surface area contributed by atoms with Crippen molar-refractivity contribution in [3.05, 3.63) is 35.7 Å². The molecule has 1 rings (SSSR count). The van der Waals surface area contributed by atoms with Crippen LogP contribution in [-0.4, -0.2) is 25.3 Å². The number of nitrogens with zero attached hydrogens (tertiary/aromatic N) is 2. The summed E-state index contributed by atoms with van der Waals surface area (Å²) in [6.07, 6.45) is 0. The third-order valence-corrected chi connectivity index (χ3v) is 2.06. The summed E-state index contributed by atoms with van der Waals surface area (Å²) in [5.74, 6) is -0.303. The van der Waals surface area contributed by atoms with E-state index in [0.717, 1.165) is 0 Å². The summed E-state index contributed by atoms with van der Waals surface area (Å²) < 4.78 is 9.46. The molecule has 0 aromatic heterocycles. The molecule has 0 atom stereocenters. The Morgan fingerprint density at radius 3 is 2.28 bits per heavy atom. The van der Waals surface area contributed by atoms with Crippen molar-refractivity contribution in [1.82, 2.24) is 0 Å². The second-order valence-electron chi connectivity index (χ2n) is 3.32. The highest BCUT2D eigenvalue weighted by atomic mass is 16.5. The van der Waals surface area contributed by atoms with E-state index in [2.05, 4.69) is 15.0 Å². The van der Waals surface area contributed by atoms with Crippen molar-refractivity contribution in [2.45, 2.75) is 6.92 Å². The number of aliphatic hydroxyl groups excluding tert-OH is 1. The molecular weight excluding hydrogens is 236 g/mol. The van der Waals surface area contributed by atoms with E-state index in [1.165, 1.54) is 14.0 Å². The van der Waals surface area contributed by atoms with Gasteiger partial charge in [-0.3, -0.25) is 0 Å². The fourth-order valence-electron chi connectivity index (χ4n) is 1.11. The highest BCUT2D eigenvalue weighted by Gasteiger charge is 2.12. The van der Waals surface area contributed by atoms with Gasteiger partial charge in [-0.15, -0.1) is 5.11 Å². The fourth-order valence-corrected chi connectivity index (χ4v) is 1.11. The maximum absolute atomic E-state index is 11.3. The quantitative estimate of drug-likeness (QED) is 0.385. The summed E-state index contributed by atoms with van der Waals surface area (Å²) in [5, 5.41) is 16.8. The molecule has 0 aliphatic carbocycles. The van der Waals surface area contributed by atoms with E-state index >= 15 is 0 Å². The Morgan fingerprint density at radius 1 is 1.22 bits per heavy atom. The number of benzene rings is 1. The second kappa shape index (κ2) is 6.39. The Kier molecular flexibility index (Phi) is 4.86. The number of esters is 1. The van der Waals surface area contributed by atoms with E-state index in [4.69, 9.17) is 4.74 Å². The molecule has 18 heavy (non-hydrogen) atoms. The highest BCUT2D eigenvalue weighted by Crippen LogP contribution is 2.19. The van der Waals surface area contributed by atoms with Crippen molar-refractivity contribution in [2.75, 3.05) is 14.2 Å². The van der Waals surface area contributed by atoms with Gasteiger partial charge in [0.2, 0.25) is 5.70 Å². The van der Waals surface area contributed by atoms with Crippen molar-refractivity contribution < 1.29 is 19.4 Å². The van der Waals surface area contributed by atoms with Crippen molar-refractivity contribution in [3.8, 4) is 5.75 Å². The average Bonchev–Trinajstić information content (AvgIpc) is 2.39. The lowest BCUT2D eigenvalue weighted by atomic mass is 10.3. The van der Waals surface area contributed by atoms with Crippen LogP contribution in [0.1, 0.15) is 6.92 Å². The summed E-state index contributed by atoms with van der Waals surface area (Å²) in [4.78, 5) is 11.3. The number of aliphatic hydroxyl groups is 1. The summed E-state index contributed by atoms with van der Waals surface area (Å²) in [6.45, 7) is 1.33. The Hall–Kier alpha value is -2.37. The first-order valence-electron chi connectivity index (χ1n) is 5.12. The third kappa shape index (κ3) is 3.58. The van der Waals surface area contributed by atoms with Crippen LogP contribution in [-0.2, 0) is 9.53 Å². The van der Waals surface area contributed by atoms with Gasteiger partial charge >= 0.3 is 5.97 Å². The van der Waals surface area contributed by atoms with Gasteiger partial charge in [0.25, 0.3) is 0 Å². The Balaban J connectivity index is 2.90. The van der Waals surface area contributed by atoms with Crippen LogP contribution >= 0.6 is 0 Å². The minimum Gasteiger partial charge on any atom is -0.510 e. The molecule has 96 valence electrons. The van der Waals surface area contributed by atoms with E-state index in [1.54, 1.807) is 31.4 Å². The summed E-state index contributed by atoms with van der Waals surface area (Å²) in [7, 11) is 2.76. The molecule has 1 aromatic rings. The van der Waals surface area contributed by atoms with Gasteiger partial charge in [0.05, 0.1) is 19.9 Å².